The summed E-state index contributed by atoms with van der Waals surface area (Å²) in [6.45, 7) is 4.57. The molecule has 7 rings (SSSR count). The molecule has 2 nitrogen and oxygen atoms in total. The molecular weight excluding hydrogens is 881 g/mol. The van der Waals surface area contributed by atoms with Gasteiger partial charge in [0.05, 0.1) is 7.57 Å². The van der Waals surface area contributed by atoms with Crippen LogP contribution in [-0.2, 0) is 12.8 Å². The van der Waals surface area contributed by atoms with E-state index < -0.39 is 0 Å². The summed E-state index contributed by atoms with van der Waals surface area (Å²) >= 11 is 11.4. The van der Waals surface area contributed by atoms with Gasteiger partial charge in [0.2, 0.25) is 0 Å². The maximum atomic E-state index is 15.0. The van der Waals surface area contributed by atoms with Crippen molar-refractivity contribution in [1.82, 2.24) is 0 Å². The van der Waals surface area contributed by atoms with E-state index in [1.54, 1.807) is 22.7 Å². The lowest BCUT2D eigenvalue weighted by atomic mass is 9.93. The molecule has 0 spiro atoms. The average Bonchev–Trinajstić information content (AvgIpc) is 3.95. The van der Waals surface area contributed by atoms with Crippen LogP contribution in [0.3, 0.4) is 0 Å². The summed E-state index contributed by atoms with van der Waals surface area (Å²) in [6.07, 6.45) is 28.4. The van der Waals surface area contributed by atoms with Gasteiger partial charge in [-0.3, -0.25) is 9.59 Å². The summed E-state index contributed by atoms with van der Waals surface area (Å²) in [6, 6.07) is 20.9. The van der Waals surface area contributed by atoms with Crippen LogP contribution in [0.15, 0.2) is 77.8 Å². The molecule has 0 radical (unpaired) electrons. The van der Waals surface area contributed by atoms with E-state index in [0.717, 1.165) is 70.3 Å². The molecule has 0 atom stereocenters. The molecular formula is C52H60Br2O2S2. The van der Waals surface area contributed by atoms with Crippen molar-refractivity contribution in [3.8, 4) is 20.9 Å². The first-order valence-corrected chi connectivity index (χ1v) is 25.7. The second kappa shape index (κ2) is 21.2. The fourth-order valence-corrected chi connectivity index (χ4v) is 12.8. The van der Waals surface area contributed by atoms with Crippen LogP contribution in [0.4, 0.5) is 0 Å². The van der Waals surface area contributed by atoms with Gasteiger partial charge in [0.25, 0.3) is 0 Å². The van der Waals surface area contributed by atoms with Gasteiger partial charge in [-0.1, -0.05) is 166 Å². The molecule has 0 fully saturated rings. The van der Waals surface area contributed by atoms with Gasteiger partial charge in [-0.05, 0) is 114 Å². The molecule has 0 N–H and O–H groups in total. The van der Waals surface area contributed by atoms with Crippen molar-refractivity contribution in [2.24, 2.45) is 0 Å². The van der Waals surface area contributed by atoms with E-state index >= 15 is 0 Å². The van der Waals surface area contributed by atoms with Crippen LogP contribution in [0, 0.1) is 0 Å². The fraction of sp³-hybridized carbons (Fsp3) is 0.462. The summed E-state index contributed by atoms with van der Waals surface area (Å²) in [7, 11) is 0. The van der Waals surface area contributed by atoms with Crippen LogP contribution < -0.4 is 10.9 Å². The molecule has 7 aromatic rings. The van der Waals surface area contributed by atoms with Crippen molar-refractivity contribution in [2.75, 3.05) is 0 Å². The third-order valence-corrected chi connectivity index (χ3v) is 15.9. The number of thiophene rings is 2. The van der Waals surface area contributed by atoms with Crippen LogP contribution in [0.2, 0.25) is 0 Å². The second-order valence-corrected chi connectivity index (χ2v) is 21.6. The smallest absolute Gasteiger partial charge is 0.194 e. The molecule has 0 aliphatic heterocycles. The van der Waals surface area contributed by atoms with E-state index in [0.29, 0.717) is 10.8 Å². The van der Waals surface area contributed by atoms with Gasteiger partial charge in [-0.25, -0.2) is 0 Å². The number of hydrogen-bond donors (Lipinski definition) is 0. The number of benzene rings is 3. The largest absolute Gasteiger partial charge is 0.289 e. The minimum Gasteiger partial charge on any atom is -0.289 e. The molecule has 0 unspecified atom stereocenters. The number of unbranched alkanes of at least 4 members (excludes halogenated alkanes) is 18. The number of aryl methyl sites for hydroxylation is 2. The normalized spacial score (nSPS) is 12.1. The van der Waals surface area contributed by atoms with Crippen molar-refractivity contribution in [1.29, 1.82) is 0 Å². The van der Waals surface area contributed by atoms with Gasteiger partial charge in [-0.15, -0.1) is 22.7 Å². The lowest BCUT2D eigenvalue weighted by molar-refractivity contribution is 0.556. The predicted octanol–water partition coefficient (Wildman–Crippen LogP) is 17.8. The Kier molecular flexibility index (Phi) is 15.9. The summed E-state index contributed by atoms with van der Waals surface area (Å²) < 4.78 is 2.24. The second-order valence-electron chi connectivity index (χ2n) is 16.7. The Hall–Kier alpha value is -2.64. The Morgan fingerprint density at radius 2 is 0.879 bits per heavy atom. The molecule has 0 bridgehead atoms. The Morgan fingerprint density at radius 1 is 0.431 bits per heavy atom. The van der Waals surface area contributed by atoms with Gasteiger partial charge in [0.1, 0.15) is 0 Å². The van der Waals surface area contributed by atoms with E-state index in [-0.39, 0.29) is 10.9 Å². The highest BCUT2D eigenvalue weighted by atomic mass is 79.9. The third-order valence-electron chi connectivity index (χ3n) is 12.5. The van der Waals surface area contributed by atoms with E-state index in [1.165, 1.54) is 143 Å². The number of halogens is 2. The SMILES string of the molecule is CCCCCCCCCCCCc1cc(Br)sc1-c1ccc2c(c1-c1sc(Br)cc1CCCCCCCCCCCC)c(=O)c1cc3c(cc12)c(=O)c1ccccc13. The van der Waals surface area contributed by atoms with Gasteiger partial charge < -0.3 is 0 Å². The maximum absolute atomic E-state index is 15.0. The van der Waals surface area contributed by atoms with Crippen LogP contribution in [0.25, 0.3) is 64.0 Å². The highest BCUT2D eigenvalue weighted by Gasteiger charge is 2.25. The predicted molar refractivity (Wildman–Crippen MR) is 264 cm³/mol. The van der Waals surface area contributed by atoms with Crippen LogP contribution >= 0.6 is 54.5 Å². The van der Waals surface area contributed by atoms with Gasteiger partial charge in [0.15, 0.2) is 10.9 Å². The summed E-state index contributed by atoms with van der Waals surface area (Å²) in [4.78, 5) is 31.1. The molecule has 6 heteroatoms. The lowest BCUT2D eigenvalue weighted by Crippen LogP contribution is -1.99. The number of rotatable bonds is 24. The quantitative estimate of drug-likeness (QED) is 0.0566. The first-order valence-electron chi connectivity index (χ1n) is 22.5. The fourth-order valence-electron chi connectivity index (χ4n) is 9.31. The van der Waals surface area contributed by atoms with Crippen LogP contribution in [0.1, 0.15) is 153 Å². The van der Waals surface area contributed by atoms with Crippen molar-refractivity contribution >= 4 is 97.6 Å². The average molecular weight is 941 g/mol. The summed E-state index contributed by atoms with van der Waals surface area (Å²) in [5.41, 5.74) is 5.05. The minimum atomic E-state index is 0.0483. The van der Waals surface area contributed by atoms with E-state index in [1.807, 2.05) is 36.4 Å². The standard InChI is InChI=1S/C52H60Br2O2S2/c1-3-5-7-9-11-13-15-17-19-21-25-35-31-45(53)57-51(35)40-30-29-38-42-34-43-41(37-27-23-24-28-39(37)49(43)55)33-44(42)50(56)47(38)48(40)52-36(32-46(54)58-52)26-22-20-18-16-14-12-10-8-6-4-2/h23-24,27-34H,3-22,25-26H2,1-2H3. The highest BCUT2D eigenvalue weighted by Crippen LogP contribution is 2.49. The molecule has 306 valence electrons. The van der Waals surface area contributed by atoms with Crippen molar-refractivity contribution in [3.05, 3.63) is 99.8 Å². The zero-order chi connectivity index (χ0) is 40.4. The van der Waals surface area contributed by atoms with E-state index in [2.05, 4.69) is 70.0 Å². The monoisotopic (exact) mass is 938 g/mol. The third kappa shape index (κ3) is 9.93. The number of fused-ring (bicyclic) bond motifs is 6. The van der Waals surface area contributed by atoms with Crippen molar-refractivity contribution < 1.29 is 0 Å². The number of hydrogen-bond acceptors (Lipinski definition) is 4. The summed E-state index contributed by atoms with van der Waals surface area (Å²) in [5.74, 6) is 0. The molecule has 58 heavy (non-hydrogen) atoms. The van der Waals surface area contributed by atoms with Gasteiger partial charge >= 0.3 is 0 Å². The first-order chi connectivity index (χ1) is 28.4. The zero-order valence-corrected chi connectivity index (χ0v) is 39.5. The molecule has 0 aliphatic carbocycles. The zero-order valence-electron chi connectivity index (χ0n) is 34.7. The molecule has 5 aromatic carbocycles. The first kappa shape index (κ1) is 43.4. The van der Waals surface area contributed by atoms with Crippen molar-refractivity contribution in [2.45, 2.75) is 155 Å². The van der Waals surface area contributed by atoms with Crippen LogP contribution in [-0.4, -0.2) is 0 Å². The van der Waals surface area contributed by atoms with Crippen LogP contribution in [0.5, 0.6) is 0 Å². The highest BCUT2D eigenvalue weighted by molar-refractivity contribution is 9.11. The lowest BCUT2D eigenvalue weighted by Gasteiger charge is -2.14. The Morgan fingerprint density at radius 3 is 1.43 bits per heavy atom. The topological polar surface area (TPSA) is 34.1 Å². The molecule has 0 amide bonds. The summed E-state index contributed by atoms with van der Waals surface area (Å²) in [5, 5.41) is 6.58. The van der Waals surface area contributed by atoms with Gasteiger partial charge in [0, 0.05) is 42.4 Å². The van der Waals surface area contributed by atoms with E-state index in [9.17, 15) is 9.59 Å². The molecule has 0 saturated carbocycles. The van der Waals surface area contributed by atoms with Crippen molar-refractivity contribution in [3.63, 3.8) is 0 Å². The molecule has 2 aromatic heterocycles. The van der Waals surface area contributed by atoms with Gasteiger partial charge in [-0.2, -0.15) is 0 Å². The molecule has 0 aliphatic rings. The Bertz CT molecular complexity index is 2530. The maximum Gasteiger partial charge on any atom is 0.194 e. The van der Waals surface area contributed by atoms with E-state index in [4.69, 9.17) is 0 Å². The Balaban J connectivity index is 1.22. The molecule has 2 heterocycles. The molecule has 0 saturated heterocycles. The minimum absolute atomic E-state index is 0.0483. The Labute approximate surface area is 370 Å².